The molecule has 0 radical (unpaired) electrons. The fraction of sp³-hybridized carbons (Fsp3) is 0.150. The normalized spacial score (nSPS) is 10.7. The Morgan fingerprint density at radius 1 is 1.18 bits per heavy atom. The zero-order valence-corrected chi connectivity index (χ0v) is 16.5. The molecule has 0 aliphatic carbocycles. The number of hydrogen-bond acceptors (Lipinski definition) is 4. The van der Waals surface area contributed by atoms with Gasteiger partial charge in [-0.2, -0.15) is 0 Å². The number of nitrogens with one attached hydrogen (secondary N) is 1. The van der Waals surface area contributed by atoms with Crippen molar-refractivity contribution in [3.8, 4) is 0 Å². The average Bonchev–Trinajstić information content (AvgIpc) is 2.65. The Balaban J connectivity index is 1.86. The molecule has 6 nitrogen and oxygen atoms in total. The molecule has 0 saturated carbocycles. The minimum atomic E-state index is -1.08. The molecule has 0 aliphatic heterocycles. The van der Waals surface area contributed by atoms with E-state index in [1.807, 2.05) is 12.1 Å². The Morgan fingerprint density at radius 3 is 2.64 bits per heavy atom. The number of fused-ring (bicyclic) bond motifs is 1. The molecule has 0 bridgehead atoms. The highest BCUT2D eigenvalue weighted by Gasteiger charge is 2.17. The van der Waals surface area contributed by atoms with E-state index in [1.165, 1.54) is 12.1 Å². The number of halogens is 2. The van der Waals surface area contributed by atoms with E-state index in [0.717, 1.165) is 5.69 Å². The topological polar surface area (TPSA) is 82.5 Å². The number of amides is 1. The molecule has 8 heteroatoms. The molecule has 28 heavy (non-hydrogen) atoms. The zero-order chi connectivity index (χ0) is 20.3. The van der Waals surface area contributed by atoms with Gasteiger partial charge in [0, 0.05) is 29.3 Å². The number of pyridine rings is 1. The number of nitrogens with zero attached hydrogens (tertiary/aromatic N) is 2. The molecule has 1 heterocycles. The number of aromatic carboxylic acids is 1. The molecule has 0 unspecified atom stereocenters. The Bertz CT molecular complexity index is 1040. The van der Waals surface area contributed by atoms with Crippen molar-refractivity contribution in [3.05, 3.63) is 70.0 Å². The summed E-state index contributed by atoms with van der Waals surface area (Å²) in [5, 5.41) is 14.2. The van der Waals surface area contributed by atoms with Crippen LogP contribution in [0.2, 0.25) is 10.0 Å². The summed E-state index contributed by atoms with van der Waals surface area (Å²) in [6.45, 7) is 0.323. The third-order valence-corrected chi connectivity index (χ3v) is 4.69. The van der Waals surface area contributed by atoms with Crippen molar-refractivity contribution in [2.24, 2.45) is 0 Å². The highest BCUT2D eigenvalue weighted by molar-refractivity contribution is 6.39. The summed E-state index contributed by atoms with van der Waals surface area (Å²) in [6.07, 6.45) is 1.66. The molecule has 0 fully saturated rings. The predicted octanol–water partition coefficient (Wildman–Crippen LogP) is 3.99. The molecule has 0 spiro atoms. The largest absolute Gasteiger partial charge is 0.478 e. The van der Waals surface area contributed by atoms with Crippen LogP contribution >= 0.6 is 23.2 Å². The third kappa shape index (κ3) is 4.52. The van der Waals surface area contributed by atoms with Gasteiger partial charge in [0.15, 0.2) is 0 Å². The number of benzene rings is 2. The summed E-state index contributed by atoms with van der Waals surface area (Å²) in [6, 6.07) is 11.7. The van der Waals surface area contributed by atoms with Crippen LogP contribution in [0.3, 0.4) is 0 Å². The van der Waals surface area contributed by atoms with Crippen molar-refractivity contribution in [1.29, 1.82) is 0 Å². The van der Waals surface area contributed by atoms with Crippen molar-refractivity contribution in [3.63, 3.8) is 0 Å². The van der Waals surface area contributed by atoms with Gasteiger partial charge in [0.05, 0.1) is 29.4 Å². The van der Waals surface area contributed by atoms with Crippen LogP contribution in [-0.4, -0.2) is 35.6 Å². The van der Waals surface area contributed by atoms with E-state index in [4.69, 9.17) is 23.2 Å². The van der Waals surface area contributed by atoms with E-state index in [2.05, 4.69) is 10.3 Å². The van der Waals surface area contributed by atoms with Gasteiger partial charge >= 0.3 is 5.97 Å². The second-order valence-corrected chi connectivity index (χ2v) is 7.08. The minimum Gasteiger partial charge on any atom is -0.478 e. The summed E-state index contributed by atoms with van der Waals surface area (Å²) >= 11 is 12.4. The number of anilines is 1. The van der Waals surface area contributed by atoms with Gasteiger partial charge < -0.3 is 15.3 Å². The van der Waals surface area contributed by atoms with E-state index in [-0.39, 0.29) is 18.0 Å². The quantitative estimate of drug-likeness (QED) is 0.633. The highest BCUT2D eigenvalue weighted by Crippen LogP contribution is 2.36. The maximum atomic E-state index is 12.3. The Morgan fingerprint density at radius 2 is 1.96 bits per heavy atom. The lowest BCUT2D eigenvalue weighted by Gasteiger charge is -2.22. The van der Waals surface area contributed by atoms with Gasteiger partial charge in [-0.3, -0.25) is 9.78 Å². The van der Waals surface area contributed by atoms with Crippen molar-refractivity contribution >= 4 is 51.5 Å². The van der Waals surface area contributed by atoms with Crippen molar-refractivity contribution in [2.45, 2.75) is 6.54 Å². The Kier molecular flexibility index (Phi) is 6.02. The number of rotatable bonds is 6. The first-order valence-corrected chi connectivity index (χ1v) is 9.14. The monoisotopic (exact) mass is 417 g/mol. The molecule has 1 amide bonds. The molecule has 0 aliphatic rings. The van der Waals surface area contributed by atoms with E-state index < -0.39 is 5.97 Å². The Labute approximate surface area is 171 Å². The fourth-order valence-electron chi connectivity index (χ4n) is 2.88. The summed E-state index contributed by atoms with van der Waals surface area (Å²) in [5.74, 6) is -1.31. The van der Waals surface area contributed by atoms with Crippen LogP contribution in [0.1, 0.15) is 16.1 Å². The number of carboxylic acid groups (broad SMARTS) is 1. The summed E-state index contributed by atoms with van der Waals surface area (Å²) in [4.78, 5) is 29.7. The number of hydrogen-bond donors (Lipinski definition) is 2. The minimum absolute atomic E-state index is 0.0178. The van der Waals surface area contributed by atoms with Crippen molar-refractivity contribution in [1.82, 2.24) is 10.3 Å². The molecule has 0 saturated heterocycles. The smallest absolute Gasteiger partial charge is 0.335 e. The maximum absolute atomic E-state index is 12.3. The van der Waals surface area contributed by atoms with E-state index >= 15 is 0 Å². The lowest BCUT2D eigenvalue weighted by molar-refractivity contribution is -0.119. The molecule has 1 aromatic heterocycles. The number of carbonyl (C=O) groups excluding carboxylic acids is 1. The van der Waals surface area contributed by atoms with E-state index in [1.54, 1.807) is 36.3 Å². The van der Waals surface area contributed by atoms with Crippen LogP contribution in [0.4, 0.5) is 5.69 Å². The molecular formula is C20H17Cl2N3O3. The van der Waals surface area contributed by atoms with Gasteiger partial charge in [-0.1, -0.05) is 29.3 Å². The summed E-state index contributed by atoms with van der Waals surface area (Å²) < 4.78 is 0. The van der Waals surface area contributed by atoms with Gasteiger partial charge in [-0.05, 0) is 41.8 Å². The highest BCUT2D eigenvalue weighted by atomic mass is 35.5. The van der Waals surface area contributed by atoms with Crippen LogP contribution in [0.15, 0.2) is 48.7 Å². The number of likely N-dealkylation sites (N-methyl/N-ethyl adjacent to an activating group) is 1. The van der Waals surface area contributed by atoms with Crippen LogP contribution < -0.4 is 10.2 Å². The third-order valence-electron chi connectivity index (χ3n) is 4.18. The molecule has 2 aromatic carbocycles. The van der Waals surface area contributed by atoms with Crippen LogP contribution in [0.25, 0.3) is 10.8 Å². The second-order valence-electron chi connectivity index (χ2n) is 6.24. The lowest BCUT2D eigenvalue weighted by Crippen LogP contribution is -2.35. The molecule has 144 valence electrons. The van der Waals surface area contributed by atoms with Gasteiger partial charge in [-0.15, -0.1) is 0 Å². The second kappa shape index (κ2) is 8.46. The number of carbonyl (C=O) groups is 2. The van der Waals surface area contributed by atoms with E-state index in [0.29, 0.717) is 33.0 Å². The van der Waals surface area contributed by atoms with Crippen molar-refractivity contribution < 1.29 is 14.7 Å². The van der Waals surface area contributed by atoms with Gasteiger partial charge in [-0.25, -0.2) is 4.79 Å². The zero-order valence-electron chi connectivity index (χ0n) is 14.9. The van der Waals surface area contributed by atoms with Gasteiger partial charge in [0.1, 0.15) is 0 Å². The average molecular weight is 418 g/mol. The van der Waals surface area contributed by atoms with E-state index in [9.17, 15) is 14.7 Å². The molecule has 0 atom stereocenters. The molecule has 3 aromatic rings. The first kappa shape index (κ1) is 19.9. The Hall–Kier alpha value is -2.83. The SMILES string of the molecule is CN(CC(=O)NCc1ccccn1)c1cc(C(=O)O)cc2cc(Cl)cc(Cl)c12. The maximum Gasteiger partial charge on any atom is 0.335 e. The lowest BCUT2D eigenvalue weighted by atomic mass is 10.0. The van der Waals surface area contributed by atoms with Crippen LogP contribution in [0, 0.1) is 0 Å². The molecule has 2 N–H and O–H groups in total. The van der Waals surface area contributed by atoms with Crippen LogP contribution in [0.5, 0.6) is 0 Å². The van der Waals surface area contributed by atoms with Crippen LogP contribution in [-0.2, 0) is 11.3 Å². The predicted molar refractivity (Wildman–Crippen MR) is 110 cm³/mol. The van der Waals surface area contributed by atoms with Crippen molar-refractivity contribution in [2.75, 3.05) is 18.5 Å². The van der Waals surface area contributed by atoms with Gasteiger partial charge in [0.25, 0.3) is 0 Å². The fourth-order valence-corrected chi connectivity index (χ4v) is 3.49. The summed E-state index contributed by atoms with van der Waals surface area (Å²) in [7, 11) is 1.70. The first-order valence-electron chi connectivity index (χ1n) is 8.39. The van der Waals surface area contributed by atoms with Gasteiger partial charge in [0.2, 0.25) is 5.91 Å². The molecular weight excluding hydrogens is 401 g/mol. The standard InChI is InChI=1S/C20H17Cl2N3O3/c1-25(11-18(26)24-10-15-4-2-3-5-23-15)17-8-13(20(27)28)6-12-7-14(21)9-16(22)19(12)17/h2-9H,10-11H2,1H3,(H,24,26)(H,27,28). The number of carboxylic acids is 1. The molecule has 3 rings (SSSR count). The first-order chi connectivity index (χ1) is 13.3. The number of aromatic nitrogens is 1. The summed E-state index contributed by atoms with van der Waals surface area (Å²) in [5.41, 5.74) is 1.36.